The lowest BCUT2D eigenvalue weighted by Gasteiger charge is -2.09. The number of hydrogen-bond donors (Lipinski definition) is 2. The zero-order chi connectivity index (χ0) is 14.2. The minimum atomic E-state index is -0.166. The number of carbonyl (C=O) groups excluding carboxylic acids is 1. The van der Waals surface area contributed by atoms with Crippen LogP contribution >= 0.6 is 0 Å². The molecule has 1 amide bonds. The zero-order valence-electron chi connectivity index (χ0n) is 11.9. The molecule has 0 saturated heterocycles. The third-order valence-electron chi connectivity index (χ3n) is 3.13. The standard InChI is InChI=1S/C13H19N5O/c1-7(2)18-10(5)12(9(4)17-18)15-13(19)11-6-14-16-8(11)3/h6-7H,1-5H3,(H,14,16)(H,15,19). The summed E-state index contributed by atoms with van der Waals surface area (Å²) in [5.41, 5.74) is 3.86. The molecular weight excluding hydrogens is 242 g/mol. The molecule has 19 heavy (non-hydrogen) atoms. The van der Waals surface area contributed by atoms with Crippen LogP contribution in [-0.2, 0) is 0 Å². The van der Waals surface area contributed by atoms with Gasteiger partial charge in [-0.25, -0.2) is 0 Å². The van der Waals surface area contributed by atoms with E-state index in [1.54, 1.807) is 0 Å². The highest BCUT2D eigenvalue weighted by Crippen LogP contribution is 2.23. The number of aryl methyl sites for hydroxylation is 2. The van der Waals surface area contributed by atoms with Crippen molar-refractivity contribution in [1.29, 1.82) is 0 Å². The molecule has 0 radical (unpaired) electrons. The fourth-order valence-electron chi connectivity index (χ4n) is 2.11. The molecule has 0 saturated carbocycles. The molecule has 0 spiro atoms. The van der Waals surface area contributed by atoms with Crippen molar-refractivity contribution in [2.75, 3.05) is 5.32 Å². The Labute approximate surface area is 112 Å². The van der Waals surface area contributed by atoms with Crippen molar-refractivity contribution in [1.82, 2.24) is 20.0 Å². The van der Waals surface area contributed by atoms with Gasteiger partial charge in [0, 0.05) is 11.7 Å². The summed E-state index contributed by atoms with van der Waals surface area (Å²) in [6, 6.07) is 0.264. The van der Waals surface area contributed by atoms with E-state index in [0.29, 0.717) is 5.56 Å². The summed E-state index contributed by atoms with van der Waals surface area (Å²) >= 11 is 0. The first-order valence-corrected chi connectivity index (χ1v) is 6.28. The second kappa shape index (κ2) is 4.87. The number of amides is 1. The molecule has 2 heterocycles. The summed E-state index contributed by atoms with van der Waals surface area (Å²) < 4.78 is 1.91. The van der Waals surface area contributed by atoms with Crippen LogP contribution in [0.1, 0.15) is 47.3 Å². The molecule has 0 aliphatic carbocycles. The van der Waals surface area contributed by atoms with Crippen LogP contribution in [-0.4, -0.2) is 25.9 Å². The molecule has 2 aromatic heterocycles. The highest BCUT2D eigenvalue weighted by Gasteiger charge is 2.18. The third-order valence-corrected chi connectivity index (χ3v) is 3.13. The summed E-state index contributed by atoms with van der Waals surface area (Å²) in [5, 5.41) is 14.0. The first kappa shape index (κ1) is 13.3. The van der Waals surface area contributed by atoms with E-state index in [1.807, 2.05) is 25.5 Å². The molecule has 102 valence electrons. The van der Waals surface area contributed by atoms with E-state index < -0.39 is 0 Å². The van der Waals surface area contributed by atoms with E-state index in [2.05, 4.69) is 34.5 Å². The van der Waals surface area contributed by atoms with E-state index in [-0.39, 0.29) is 11.9 Å². The van der Waals surface area contributed by atoms with Crippen molar-refractivity contribution in [2.24, 2.45) is 0 Å². The summed E-state index contributed by atoms with van der Waals surface area (Å²) in [7, 11) is 0. The minimum Gasteiger partial charge on any atom is -0.319 e. The molecule has 0 aliphatic heterocycles. The summed E-state index contributed by atoms with van der Waals surface area (Å²) in [6.07, 6.45) is 1.53. The van der Waals surface area contributed by atoms with Gasteiger partial charge in [0.1, 0.15) is 0 Å². The third kappa shape index (κ3) is 2.38. The van der Waals surface area contributed by atoms with E-state index in [1.165, 1.54) is 6.20 Å². The average Bonchev–Trinajstić information content (AvgIpc) is 2.87. The number of nitrogens with one attached hydrogen (secondary N) is 2. The van der Waals surface area contributed by atoms with Crippen LogP contribution in [0, 0.1) is 20.8 Å². The van der Waals surface area contributed by atoms with Crippen molar-refractivity contribution < 1.29 is 4.79 Å². The number of rotatable bonds is 3. The molecule has 0 unspecified atom stereocenters. The second-order valence-electron chi connectivity index (χ2n) is 4.95. The SMILES string of the molecule is Cc1nn(C(C)C)c(C)c1NC(=O)c1cn[nH]c1C. The van der Waals surface area contributed by atoms with Gasteiger partial charge < -0.3 is 5.32 Å². The maximum atomic E-state index is 12.2. The first-order chi connectivity index (χ1) is 8.91. The van der Waals surface area contributed by atoms with Gasteiger partial charge in [0.05, 0.1) is 28.8 Å². The molecule has 0 bridgehead atoms. The Balaban J connectivity index is 2.30. The maximum absolute atomic E-state index is 12.2. The first-order valence-electron chi connectivity index (χ1n) is 6.28. The lowest BCUT2D eigenvalue weighted by atomic mass is 10.2. The summed E-state index contributed by atoms with van der Waals surface area (Å²) in [5.74, 6) is -0.166. The highest BCUT2D eigenvalue weighted by molar-refractivity contribution is 6.05. The number of aromatic nitrogens is 4. The zero-order valence-corrected chi connectivity index (χ0v) is 11.9. The molecular formula is C13H19N5O. The number of H-pyrrole nitrogens is 1. The monoisotopic (exact) mass is 261 g/mol. The number of hydrogen-bond acceptors (Lipinski definition) is 3. The van der Waals surface area contributed by atoms with Crippen LogP contribution in [0.5, 0.6) is 0 Å². The van der Waals surface area contributed by atoms with Crippen LogP contribution in [0.3, 0.4) is 0 Å². The van der Waals surface area contributed by atoms with E-state index in [9.17, 15) is 4.79 Å². The number of nitrogens with zero attached hydrogens (tertiary/aromatic N) is 3. The fourth-order valence-corrected chi connectivity index (χ4v) is 2.11. The van der Waals surface area contributed by atoms with Gasteiger partial charge in [-0.1, -0.05) is 0 Å². The van der Waals surface area contributed by atoms with Crippen molar-refractivity contribution in [2.45, 2.75) is 40.7 Å². The van der Waals surface area contributed by atoms with Gasteiger partial charge in [-0.3, -0.25) is 14.6 Å². The molecule has 2 aromatic rings. The topological polar surface area (TPSA) is 75.6 Å². The van der Waals surface area contributed by atoms with E-state index >= 15 is 0 Å². The van der Waals surface area contributed by atoms with Gasteiger partial charge in [0.2, 0.25) is 0 Å². The summed E-state index contributed by atoms with van der Waals surface area (Å²) in [4.78, 5) is 12.2. The fraction of sp³-hybridized carbons (Fsp3) is 0.462. The molecule has 0 aliphatic rings. The van der Waals surface area contributed by atoms with Crippen LogP contribution in [0.2, 0.25) is 0 Å². The average molecular weight is 261 g/mol. The summed E-state index contributed by atoms with van der Waals surface area (Å²) in [6.45, 7) is 9.79. The lowest BCUT2D eigenvalue weighted by Crippen LogP contribution is -2.14. The van der Waals surface area contributed by atoms with E-state index in [0.717, 1.165) is 22.8 Å². The van der Waals surface area contributed by atoms with Crippen molar-refractivity contribution in [3.8, 4) is 0 Å². The van der Waals surface area contributed by atoms with Gasteiger partial charge in [-0.15, -0.1) is 0 Å². The van der Waals surface area contributed by atoms with Gasteiger partial charge in [0.15, 0.2) is 0 Å². The smallest absolute Gasteiger partial charge is 0.259 e. The molecule has 0 aromatic carbocycles. The van der Waals surface area contributed by atoms with Crippen LogP contribution in [0.25, 0.3) is 0 Å². The Morgan fingerprint density at radius 3 is 2.53 bits per heavy atom. The number of aromatic amines is 1. The molecule has 0 fully saturated rings. The van der Waals surface area contributed by atoms with Gasteiger partial charge in [-0.05, 0) is 34.6 Å². The number of carbonyl (C=O) groups is 1. The molecule has 6 nitrogen and oxygen atoms in total. The van der Waals surface area contributed by atoms with Crippen LogP contribution in [0.15, 0.2) is 6.20 Å². The molecule has 2 rings (SSSR count). The minimum absolute atomic E-state index is 0.166. The largest absolute Gasteiger partial charge is 0.319 e. The maximum Gasteiger partial charge on any atom is 0.259 e. The Morgan fingerprint density at radius 2 is 2.05 bits per heavy atom. The molecule has 0 atom stereocenters. The van der Waals surface area contributed by atoms with Gasteiger partial charge in [0.25, 0.3) is 5.91 Å². The van der Waals surface area contributed by atoms with E-state index in [4.69, 9.17) is 0 Å². The lowest BCUT2D eigenvalue weighted by molar-refractivity contribution is 0.102. The Morgan fingerprint density at radius 1 is 1.37 bits per heavy atom. The predicted molar refractivity (Wildman–Crippen MR) is 73.4 cm³/mol. The second-order valence-corrected chi connectivity index (χ2v) is 4.95. The van der Waals surface area contributed by atoms with Crippen molar-refractivity contribution >= 4 is 11.6 Å². The normalized spacial score (nSPS) is 11.1. The Kier molecular flexibility index (Phi) is 3.42. The quantitative estimate of drug-likeness (QED) is 0.890. The van der Waals surface area contributed by atoms with Crippen molar-refractivity contribution in [3.63, 3.8) is 0 Å². The van der Waals surface area contributed by atoms with Gasteiger partial charge >= 0.3 is 0 Å². The Hall–Kier alpha value is -2.11. The van der Waals surface area contributed by atoms with Gasteiger partial charge in [-0.2, -0.15) is 10.2 Å². The highest BCUT2D eigenvalue weighted by atomic mass is 16.1. The number of anilines is 1. The molecule has 6 heteroatoms. The Bertz CT molecular complexity index is 609. The van der Waals surface area contributed by atoms with Crippen LogP contribution < -0.4 is 5.32 Å². The molecule has 2 N–H and O–H groups in total. The predicted octanol–water partition coefficient (Wildman–Crippen LogP) is 2.36. The van der Waals surface area contributed by atoms with Crippen LogP contribution in [0.4, 0.5) is 5.69 Å². The van der Waals surface area contributed by atoms with Crippen molar-refractivity contribution in [3.05, 3.63) is 28.8 Å².